The minimum atomic E-state index is -0.444. The van der Waals surface area contributed by atoms with Crippen LogP contribution in [-0.4, -0.2) is 29.7 Å². The summed E-state index contributed by atoms with van der Waals surface area (Å²) >= 11 is 0. The fourth-order valence-corrected chi connectivity index (χ4v) is 2.43. The average molecular weight is 347 g/mol. The van der Waals surface area contributed by atoms with Gasteiger partial charge in [0.2, 0.25) is 0 Å². The highest BCUT2D eigenvalue weighted by Crippen LogP contribution is 2.21. The van der Waals surface area contributed by atoms with Crippen LogP contribution in [0, 0.1) is 18.3 Å². The molecular weight excluding hydrogens is 330 g/mol. The van der Waals surface area contributed by atoms with Gasteiger partial charge >= 0.3 is 5.97 Å². The molecular formula is C20H17N3O3. The number of imidazole rings is 1. The summed E-state index contributed by atoms with van der Waals surface area (Å²) in [6.07, 6.45) is 1.74. The molecule has 3 rings (SSSR count). The van der Waals surface area contributed by atoms with E-state index in [-0.39, 0.29) is 6.61 Å². The van der Waals surface area contributed by atoms with Gasteiger partial charge in [0.15, 0.2) is 6.61 Å². The van der Waals surface area contributed by atoms with Crippen LogP contribution in [0.3, 0.4) is 0 Å². The third kappa shape index (κ3) is 3.90. The fraction of sp³-hybridized carbons (Fsp3) is 0.150. The van der Waals surface area contributed by atoms with E-state index in [2.05, 4.69) is 20.8 Å². The Kier molecular flexibility index (Phi) is 4.99. The minimum absolute atomic E-state index is 0.145. The van der Waals surface area contributed by atoms with Gasteiger partial charge < -0.3 is 14.5 Å². The van der Waals surface area contributed by atoms with Crippen molar-refractivity contribution in [2.45, 2.75) is 6.92 Å². The van der Waals surface area contributed by atoms with Crippen LogP contribution in [-0.2, 0) is 9.53 Å². The number of methoxy groups -OCH3 is 1. The summed E-state index contributed by atoms with van der Waals surface area (Å²) in [6.45, 7) is 1.86. The predicted molar refractivity (Wildman–Crippen MR) is 98.3 cm³/mol. The number of aromatic amines is 1. The van der Waals surface area contributed by atoms with Crippen LogP contribution < -0.4 is 4.74 Å². The summed E-state index contributed by atoms with van der Waals surface area (Å²) in [6, 6.07) is 15.1. The Morgan fingerprint density at radius 2 is 2.04 bits per heavy atom. The van der Waals surface area contributed by atoms with Gasteiger partial charge in [-0.05, 0) is 48.4 Å². The first-order valence-corrected chi connectivity index (χ1v) is 7.97. The van der Waals surface area contributed by atoms with Crippen LogP contribution in [0.4, 0.5) is 0 Å². The molecule has 2 aromatic carbocycles. The molecule has 6 heteroatoms. The van der Waals surface area contributed by atoms with E-state index in [1.54, 1.807) is 30.3 Å². The predicted octanol–water partition coefficient (Wildman–Crippen LogP) is 3.49. The van der Waals surface area contributed by atoms with E-state index < -0.39 is 5.97 Å². The van der Waals surface area contributed by atoms with Gasteiger partial charge in [0.05, 0.1) is 23.7 Å². The molecule has 0 aliphatic carbocycles. The highest BCUT2D eigenvalue weighted by Gasteiger charge is 2.08. The standard InChI is InChI=1S/C20H17N3O3/c1-13-3-8-17-18(9-13)23-20(22-17)15(11-21)10-14-4-6-16(7-5-14)26-12-19(24)25-2/h3-10H,12H2,1-2H3,(H,22,23)/b15-10-. The fourth-order valence-electron chi connectivity index (χ4n) is 2.43. The maximum Gasteiger partial charge on any atom is 0.343 e. The van der Waals surface area contributed by atoms with E-state index in [1.807, 2.05) is 25.1 Å². The smallest absolute Gasteiger partial charge is 0.343 e. The molecule has 0 saturated heterocycles. The highest BCUT2D eigenvalue weighted by molar-refractivity contribution is 5.90. The molecule has 1 aromatic heterocycles. The normalized spacial score (nSPS) is 11.2. The Labute approximate surface area is 150 Å². The van der Waals surface area contributed by atoms with Gasteiger partial charge in [-0.1, -0.05) is 18.2 Å². The summed E-state index contributed by atoms with van der Waals surface area (Å²) in [5.74, 6) is 0.630. The number of nitrogens with zero attached hydrogens (tertiary/aromatic N) is 2. The quantitative estimate of drug-likeness (QED) is 0.564. The van der Waals surface area contributed by atoms with Crippen molar-refractivity contribution in [3.8, 4) is 11.8 Å². The Hall–Kier alpha value is -3.59. The van der Waals surface area contributed by atoms with Crippen molar-refractivity contribution >= 4 is 28.7 Å². The van der Waals surface area contributed by atoms with Crippen LogP contribution in [0.15, 0.2) is 42.5 Å². The molecule has 0 fully saturated rings. The molecule has 1 N–H and O–H groups in total. The Morgan fingerprint density at radius 1 is 1.27 bits per heavy atom. The number of rotatable bonds is 5. The zero-order valence-corrected chi connectivity index (χ0v) is 14.4. The van der Waals surface area contributed by atoms with E-state index in [0.717, 1.165) is 22.2 Å². The number of allylic oxidation sites excluding steroid dienone is 1. The lowest BCUT2D eigenvalue weighted by Gasteiger charge is -2.04. The molecule has 0 saturated carbocycles. The van der Waals surface area contributed by atoms with Gasteiger partial charge in [0.25, 0.3) is 0 Å². The highest BCUT2D eigenvalue weighted by atomic mass is 16.6. The van der Waals surface area contributed by atoms with Crippen molar-refractivity contribution in [2.75, 3.05) is 13.7 Å². The number of carbonyl (C=O) groups excluding carboxylic acids is 1. The topological polar surface area (TPSA) is 88.0 Å². The maximum absolute atomic E-state index is 11.1. The Morgan fingerprint density at radius 3 is 2.73 bits per heavy atom. The molecule has 130 valence electrons. The second-order valence-corrected chi connectivity index (χ2v) is 5.71. The number of aromatic nitrogens is 2. The summed E-state index contributed by atoms with van der Waals surface area (Å²) < 4.78 is 9.83. The van der Waals surface area contributed by atoms with Crippen LogP contribution >= 0.6 is 0 Å². The van der Waals surface area contributed by atoms with Crippen molar-refractivity contribution in [1.29, 1.82) is 5.26 Å². The van der Waals surface area contributed by atoms with Gasteiger partial charge in [-0.3, -0.25) is 0 Å². The first-order valence-electron chi connectivity index (χ1n) is 7.97. The zero-order valence-electron chi connectivity index (χ0n) is 14.4. The average Bonchev–Trinajstić information content (AvgIpc) is 3.07. The number of H-pyrrole nitrogens is 1. The summed E-state index contributed by atoms with van der Waals surface area (Å²) in [7, 11) is 1.31. The number of hydrogen-bond acceptors (Lipinski definition) is 5. The Bertz CT molecular complexity index is 1010. The Balaban J connectivity index is 1.81. The third-order valence-corrected chi connectivity index (χ3v) is 3.79. The molecule has 1 heterocycles. The second-order valence-electron chi connectivity index (χ2n) is 5.71. The van der Waals surface area contributed by atoms with E-state index in [4.69, 9.17) is 4.74 Å². The van der Waals surface area contributed by atoms with E-state index in [1.165, 1.54) is 7.11 Å². The number of nitriles is 1. The molecule has 0 radical (unpaired) electrons. The van der Waals surface area contributed by atoms with Crippen molar-refractivity contribution in [3.63, 3.8) is 0 Å². The van der Waals surface area contributed by atoms with Crippen molar-refractivity contribution in [3.05, 3.63) is 59.4 Å². The van der Waals surface area contributed by atoms with Gasteiger partial charge in [-0.15, -0.1) is 0 Å². The number of benzene rings is 2. The van der Waals surface area contributed by atoms with Crippen LogP contribution in [0.25, 0.3) is 22.7 Å². The van der Waals surface area contributed by atoms with Crippen molar-refractivity contribution in [1.82, 2.24) is 9.97 Å². The molecule has 0 atom stereocenters. The minimum Gasteiger partial charge on any atom is -0.482 e. The lowest BCUT2D eigenvalue weighted by molar-refractivity contribution is -0.142. The largest absolute Gasteiger partial charge is 0.482 e. The summed E-state index contributed by atoms with van der Waals surface area (Å²) in [4.78, 5) is 18.7. The second kappa shape index (κ2) is 7.53. The maximum atomic E-state index is 11.1. The lowest BCUT2D eigenvalue weighted by atomic mass is 10.1. The SMILES string of the molecule is COC(=O)COc1ccc(/C=C(/C#N)c2nc3ccc(C)cc3[nH]2)cc1. The molecule has 0 spiro atoms. The monoisotopic (exact) mass is 347 g/mol. The number of esters is 1. The summed E-state index contributed by atoms with van der Waals surface area (Å²) in [5, 5.41) is 9.49. The molecule has 0 bridgehead atoms. The molecule has 26 heavy (non-hydrogen) atoms. The number of hydrogen-bond donors (Lipinski definition) is 1. The zero-order chi connectivity index (χ0) is 18.5. The molecule has 0 aliphatic rings. The van der Waals surface area contributed by atoms with E-state index in [9.17, 15) is 10.1 Å². The molecule has 0 aliphatic heterocycles. The van der Waals surface area contributed by atoms with Crippen molar-refractivity contribution < 1.29 is 14.3 Å². The lowest BCUT2D eigenvalue weighted by Crippen LogP contribution is -2.12. The summed E-state index contributed by atoms with van der Waals surface area (Å²) in [5.41, 5.74) is 4.09. The third-order valence-electron chi connectivity index (χ3n) is 3.79. The first kappa shape index (κ1) is 17.2. The van der Waals surface area contributed by atoms with Crippen LogP contribution in [0.5, 0.6) is 5.75 Å². The number of aryl methyl sites for hydroxylation is 1. The van der Waals surface area contributed by atoms with Crippen LogP contribution in [0.2, 0.25) is 0 Å². The van der Waals surface area contributed by atoms with Crippen molar-refractivity contribution in [2.24, 2.45) is 0 Å². The molecule has 3 aromatic rings. The van der Waals surface area contributed by atoms with Gasteiger partial charge in [0, 0.05) is 0 Å². The molecule has 6 nitrogen and oxygen atoms in total. The molecule has 0 unspecified atom stereocenters. The number of ether oxygens (including phenoxy) is 2. The van der Waals surface area contributed by atoms with E-state index in [0.29, 0.717) is 17.1 Å². The van der Waals surface area contributed by atoms with E-state index >= 15 is 0 Å². The molecule has 0 amide bonds. The number of fused-ring (bicyclic) bond motifs is 1. The number of nitrogens with one attached hydrogen (secondary N) is 1. The van der Waals surface area contributed by atoms with Gasteiger partial charge in [0.1, 0.15) is 17.6 Å². The first-order chi connectivity index (χ1) is 12.6. The van der Waals surface area contributed by atoms with Gasteiger partial charge in [-0.25, -0.2) is 9.78 Å². The van der Waals surface area contributed by atoms with Crippen LogP contribution in [0.1, 0.15) is 17.0 Å². The number of carbonyl (C=O) groups is 1. The van der Waals surface area contributed by atoms with Gasteiger partial charge in [-0.2, -0.15) is 5.26 Å².